The first-order valence-corrected chi connectivity index (χ1v) is 9.71. The van der Waals surface area contributed by atoms with Gasteiger partial charge in [0, 0.05) is 11.6 Å². The Balaban J connectivity index is 2.06. The molecule has 3 aromatic rings. The van der Waals surface area contributed by atoms with Gasteiger partial charge in [-0.1, -0.05) is 66.3 Å². The average molecular weight is 371 g/mol. The summed E-state index contributed by atoms with van der Waals surface area (Å²) < 4.78 is 27.0. The Morgan fingerprint density at radius 2 is 1.44 bits per heavy atom. The van der Waals surface area contributed by atoms with Crippen LogP contribution in [0.3, 0.4) is 0 Å². The molecular weight excluding hydrogens is 354 g/mol. The summed E-state index contributed by atoms with van der Waals surface area (Å²) in [5.74, 6) is 6.06. The fourth-order valence-electron chi connectivity index (χ4n) is 2.50. The van der Waals surface area contributed by atoms with Crippen LogP contribution in [-0.2, 0) is 10.0 Å². The highest BCUT2D eigenvalue weighted by atomic mass is 32.2. The highest BCUT2D eigenvalue weighted by molar-refractivity contribution is 7.93. The van der Waals surface area contributed by atoms with Gasteiger partial charge in [-0.3, -0.25) is 0 Å². The molecule has 0 unspecified atom stereocenters. The minimum atomic E-state index is -3.90. The zero-order valence-electron chi connectivity index (χ0n) is 14.8. The summed E-state index contributed by atoms with van der Waals surface area (Å²) in [7, 11) is -3.90. The van der Waals surface area contributed by atoms with Crippen molar-refractivity contribution in [3.8, 4) is 24.3 Å². The van der Waals surface area contributed by atoms with E-state index in [-0.39, 0.29) is 4.90 Å². The second-order valence-electron chi connectivity index (χ2n) is 5.84. The molecule has 0 saturated heterocycles. The molecule has 0 aliphatic carbocycles. The molecule has 0 saturated carbocycles. The van der Waals surface area contributed by atoms with Crippen LogP contribution in [0, 0.1) is 31.2 Å². The van der Waals surface area contributed by atoms with Crippen molar-refractivity contribution in [3.63, 3.8) is 0 Å². The zero-order valence-corrected chi connectivity index (χ0v) is 15.6. The predicted molar refractivity (Wildman–Crippen MR) is 109 cm³/mol. The molecule has 0 N–H and O–H groups in total. The van der Waals surface area contributed by atoms with Crippen LogP contribution in [0.1, 0.15) is 16.7 Å². The third-order valence-electron chi connectivity index (χ3n) is 3.91. The summed E-state index contributed by atoms with van der Waals surface area (Å²) in [5.41, 5.74) is 2.69. The molecule has 3 nitrogen and oxygen atoms in total. The van der Waals surface area contributed by atoms with E-state index in [9.17, 15) is 8.42 Å². The summed E-state index contributed by atoms with van der Waals surface area (Å²) in [5, 5.41) is 0. The first-order valence-electron chi connectivity index (χ1n) is 8.27. The van der Waals surface area contributed by atoms with Crippen LogP contribution in [0.25, 0.3) is 0 Å². The maximum Gasteiger partial charge on any atom is 0.275 e. The maximum absolute atomic E-state index is 13.0. The van der Waals surface area contributed by atoms with Gasteiger partial charge in [0.05, 0.1) is 16.1 Å². The Bertz CT molecular complexity index is 1150. The van der Waals surface area contributed by atoms with Crippen molar-refractivity contribution in [1.82, 2.24) is 0 Å². The molecule has 0 aromatic heterocycles. The lowest BCUT2D eigenvalue weighted by atomic mass is 10.1. The Morgan fingerprint density at radius 3 is 2.11 bits per heavy atom. The van der Waals surface area contributed by atoms with E-state index >= 15 is 0 Å². The van der Waals surface area contributed by atoms with Gasteiger partial charge < -0.3 is 0 Å². The topological polar surface area (TPSA) is 37.4 Å². The van der Waals surface area contributed by atoms with Gasteiger partial charge in [-0.15, -0.1) is 0 Å². The Hall–Kier alpha value is -3.47. The maximum atomic E-state index is 13.0. The van der Waals surface area contributed by atoms with Crippen molar-refractivity contribution in [1.29, 1.82) is 0 Å². The van der Waals surface area contributed by atoms with Crippen LogP contribution in [0.2, 0.25) is 0 Å². The molecule has 0 amide bonds. The number of rotatable bonds is 3. The van der Waals surface area contributed by atoms with E-state index in [4.69, 9.17) is 6.42 Å². The van der Waals surface area contributed by atoms with Gasteiger partial charge in [-0.05, 0) is 43.3 Å². The number of benzene rings is 3. The Labute approximate surface area is 160 Å². The molecular formula is C23H17NO2S. The van der Waals surface area contributed by atoms with Crippen molar-refractivity contribution >= 4 is 15.7 Å². The van der Waals surface area contributed by atoms with Gasteiger partial charge in [-0.2, -0.15) is 4.31 Å². The molecule has 0 aliphatic rings. The van der Waals surface area contributed by atoms with Gasteiger partial charge >= 0.3 is 0 Å². The number of terminal acetylenes is 1. The van der Waals surface area contributed by atoms with E-state index in [1.807, 2.05) is 37.3 Å². The number of hydrogen-bond donors (Lipinski definition) is 0. The first kappa shape index (κ1) is 18.3. The fourth-order valence-corrected chi connectivity index (χ4v) is 3.75. The molecule has 132 valence electrons. The van der Waals surface area contributed by atoms with Crippen molar-refractivity contribution < 1.29 is 8.42 Å². The Morgan fingerprint density at radius 1 is 0.815 bits per heavy atom. The van der Waals surface area contributed by atoms with Gasteiger partial charge in [0.2, 0.25) is 0 Å². The third kappa shape index (κ3) is 4.03. The standard InChI is InChI=1S/C23H17NO2S/c1-3-24(27(25,26)22-17-13-19(2)14-18-22)23-12-8-7-11-21(23)16-15-20-9-5-4-6-10-20/h1,4-14,17-18H,2H3. The van der Waals surface area contributed by atoms with Crippen LogP contribution in [0.5, 0.6) is 0 Å². The lowest BCUT2D eigenvalue weighted by molar-refractivity contribution is 0.596. The van der Waals surface area contributed by atoms with E-state index in [1.165, 1.54) is 0 Å². The van der Waals surface area contributed by atoms with E-state index in [2.05, 4.69) is 17.9 Å². The molecule has 0 aliphatic heterocycles. The van der Waals surface area contributed by atoms with Gasteiger partial charge in [0.1, 0.15) is 0 Å². The number of nitrogens with zero attached hydrogens (tertiary/aromatic N) is 1. The predicted octanol–water partition coefficient (Wildman–Crippen LogP) is 4.18. The van der Waals surface area contributed by atoms with E-state index in [0.717, 1.165) is 15.4 Å². The van der Waals surface area contributed by atoms with Crippen LogP contribution in [0.15, 0.2) is 83.8 Å². The molecule has 0 heterocycles. The molecule has 3 rings (SSSR count). The number of para-hydroxylation sites is 1. The lowest BCUT2D eigenvalue weighted by Crippen LogP contribution is -2.26. The van der Waals surface area contributed by atoms with E-state index in [0.29, 0.717) is 11.3 Å². The zero-order chi connectivity index (χ0) is 19.3. The average Bonchev–Trinajstić information content (AvgIpc) is 2.69. The quantitative estimate of drug-likeness (QED) is 0.512. The second kappa shape index (κ2) is 7.83. The first-order chi connectivity index (χ1) is 13.0. The molecule has 0 spiro atoms. The molecule has 4 heteroatoms. The number of aryl methyl sites for hydroxylation is 1. The summed E-state index contributed by atoms with van der Waals surface area (Å²) in [4.78, 5) is 0.136. The van der Waals surface area contributed by atoms with Crippen LogP contribution in [-0.4, -0.2) is 8.42 Å². The highest BCUT2D eigenvalue weighted by Crippen LogP contribution is 2.26. The third-order valence-corrected chi connectivity index (χ3v) is 5.57. The van der Waals surface area contributed by atoms with Crippen LogP contribution >= 0.6 is 0 Å². The lowest BCUT2D eigenvalue weighted by Gasteiger charge is -2.19. The van der Waals surface area contributed by atoms with Crippen molar-refractivity contribution in [2.75, 3.05) is 4.31 Å². The van der Waals surface area contributed by atoms with Crippen molar-refractivity contribution in [3.05, 3.63) is 95.6 Å². The Kier molecular flexibility index (Phi) is 5.31. The molecule has 27 heavy (non-hydrogen) atoms. The minimum Gasteiger partial charge on any atom is -0.200 e. The summed E-state index contributed by atoms with van der Waals surface area (Å²) in [6, 6.07) is 25.3. The second-order valence-corrected chi connectivity index (χ2v) is 7.63. The van der Waals surface area contributed by atoms with Crippen LogP contribution < -0.4 is 4.31 Å². The highest BCUT2D eigenvalue weighted by Gasteiger charge is 2.25. The summed E-state index contributed by atoms with van der Waals surface area (Å²) >= 11 is 0. The molecule has 3 aromatic carbocycles. The number of hydrogen-bond acceptors (Lipinski definition) is 2. The summed E-state index contributed by atoms with van der Waals surface area (Å²) in [6.45, 7) is 1.89. The minimum absolute atomic E-state index is 0.136. The SMILES string of the molecule is C#CN(c1ccccc1C#Cc1ccccc1)S(=O)(=O)c1ccc(C)cc1. The molecule has 0 bridgehead atoms. The van der Waals surface area contributed by atoms with Gasteiger partial charge in [0.25, 0.3) is 10.0 Å². The van der Waals surface area contributed by atoms with E-state index < -0.39 is 10.0 Å². The van der Waals surface area contributed by atoms with Crippen molar-refractivity contribution in [2.45, 2.75) is 11.8 Å². The monoisotopic (exact) mass is 371 g/mol. The van der Waals surface area contributed by atoms with Crippen molar-refractivity contribution in [2.24, 2.45) is 0 Å². The normalized spacial score (nSPS) is 10.4. The number of anilines is 1. The summed E-state index contributed by atoms with van der Waals surface area (Å²) in [6.07, 6.45) is 5.58. The smallest absolute Gasteiger partial charge is 0.200 e. The molecule has 0 atom stereocenters. The molecule has 0 radical (unpaired) electrons. The van der Waals surface area contributed by atoms with E-state index in [1.54, 1.807) is 48.5 Å². The van der Waals surface area contributed by atoms with Crippen LogP contribution in [0.4, 0.5) is 5.69 Å². The molecule has 0 fully saturated rings. The van der Waals surface area contributed by atoms with Gasteiger partial charge in [0.15, 0.2) is 0 Å². The number of sulfonamides is 1. The fraction of sp³-hybridized carbons (Fsp3) is 0.0435. The van der Waals surface area contributed by atoms with Gasteiger partial charge in [-0.25, -0.2) is 8.42 Å². The largest absolute Gasteiger partial charge is 0.275 e.